The Labute approximate surface area is 174 Å². The van der Waals surface area contributed by atoms with E-state index in [2.05, 4.69) is 22.4 Å². The number of ketones is 1. The first-order valence-electron chi connectivity index (χ1n) is 10.9. The molecule has 0 aromatic carbocycles. The summed E-state index contributed by atoms with van der Waals surface area (Å²) in [6.07, 6.45) is 13.5. The molecule has 6 nitrogen and oxygen atoms in total. The quantitative estimate of drug-likeness (QED) is 0.297. The van der Waals surface area contributed by atoms with Crippen LogP contribution in [-0.2, 0) is 14.3 Å². The fraction of sp³-hybridized carbons (Fsp3) is 0.652. The van der Waals surface area contributed by atoms with Crippen LogP contribution in [-0.4, -0.2) is 67.2 Å². The van der Waals surface area contributed by atoms with E-state index in [0.29, 0.717) is 25.8 Å². The lowest BCUT2D eigenvalue weighted by atomic mass is 9.96. The van der Waals surface area contributed by atoms with Gasteiger partial charge in [0.2, 0.25) is 5.91 Å². The highest BCUT2D eigenvalue weighted by Gasteiger charge is 2.22. The maximum Gasteiger partial charge on any atom is 0.219 e. The van der Waals surface area contributed by atoms with Gasteiger partial charge in [0.05, 0.1) is 19.3 Å². The van der Waals surface area contributed by atoms with Crippen molar-refractivity contribution in [1.29, 1.82) is 0 Å². The van der Waals surface area contributed by atoms with Gasteiger partial charge in [-0.2, -0.15) is 0 Å². The molecule has 1 aliphatic heterocycles. The molecule has 162 valence electrons. The lowest BCUT2D eigenvalue weighted by molar-refractivity contribution is -0.121. The zero-order valence-electron chi connectivity index (χ0n) is 17.6. The SMILES string of the molecule is CCNC(=O)CCC/C=C\CC1C=CC(=O)/C1=C/C[C@@H](O)CCN1CCOCC1. The van der Waals surface area contributed by atoms with Crippen molar-refractivity contribution in [2.45, 2.75) is 51.6 Å². The molecule has 0 aromatic rings. The zero-order chi connectivity index (χ0) is 20.9. The number of aliphatic hydroxyl groups excluding tert-OH is 1. The van der Waals surface area contributed by atoms with Gasteiger partial charge < -0.3 is 15.2 Å². The molecule has 2 aliphatic rings. The van der Waals surface area contributed by atoms with Gasteiger partial charge in [0.1, 0.15) is 0 Å². The molecule has 2 rings (SSSR count). The Bertz CT molecular complexity index is 606. The number of nitrogens with zero attached hydrogens (tertiary/aromatic N) is 1. The average Bonchev–Trinajstić information content (AvgIpc) is 3.08. The predicted molar refractivity (Wildman–Crippen MR) is 115 cm³/mol. The number of unbranched alkanes of at least 4 members (excludes halogenated alkanes) is 1. The molecule has 0 saturated carbocycles. The first kappa shape index (κ1) is 23.5. The van der Waals surface area contributed by atoms with Crippen LogP contribution in [0.2, 0.25) is 0 Å². The Morgan fingerprint density at radius 3 is 2.93 bits per heavy atom. The molecule has 0 aromatic heterocycles. The van der Waals surface area contributed by atoms with Gasteiger partial charge in [0.25, 0.3) is 0 Å². The molecular formula is C23H36N2O4. The highest BCUT2D eigenvalue weighted by molar-refractivity contribution is 6.07. The van der Waals surface area contributed by atoms with E-state index >= 15 is 0 Å². The summed E-state index contributed by atoms with van der Waals surface area (Å²) < 4.78 is 5.34. The Balaban J connectivity index is 1.68. The summed E-state index contributed by atoms with van der Waals surface area (Å²) in [4.78, 5) is 25.9. The number of nitrogens with one attached hydrogen (secondary N) is 1. The van der Waals surface area contributed by atoms with Crippen molar-refractivity contribution in [3.63, 3.8) is 0 Å². The van der Waals surface area contributed by atoms with Gasteiger partial charge in [0.15, 0.2) is 5.78 Å². The summed E-state index contributed by atoms with van der Waals surface area (Å²) in [5.41, 5.74) is 0.794. The Morgan fingerprint density at radius 1 is 1.38 bits per heavy atom. The lowest BCUT2D eigenvalue weighted by Gasteiger charge is -2.27. The van der Waals surface area contributed by atoms with E-state index in [1.54, 1.807) is 6.08 Å². The maximum atomic E-state index is 12.1. The first-order chi connectivity index (χ1) is 14.1. The molecule has 1 fully saturated rings. The third-order valence-electron chi connectivity index (χ3n) is 5.36. The standard InChI is InChI=1S/C23H36N2O4/c1-2-24-23(28)8-6-4-3-5-7-19-9-12-22(27)21(19)11-10-20(26)13-14-25-15-17-29-18-16-25/h3,5,9,11-12,19-20,26H,2,4,6-8,10,13-18H2,1H3,(H,24,28)/b5-3-,21-11+/t19?,20-/m1/s1. The van der Waals surface area contributed by atoms with Crippen LogP contribution in [0.4, 0.5) is 0 Å². The molecule has 0 spiro atoms. The summed E-state index contributed by atoms with van der Waals surface area (Å²) in [5.74, 6) is 0.246. The highest BCUT2D eigenvalue weighted by Crippen LogP contribution is 2.26. The van der Waals surface area contributed by atoms with Crippen LogP contribution < -0.4 is 5.32 Å². The van der Waals surface area contributed by atoms with E-state index in [4.69, 9.17) is 4.74 Å². The molecule has 0 radical (unpaired) electrons. The summed E-state index contributed by atoms with van der Waals surface area (Å²) in [6.45, 7) is 6.84. The molecule has 1 heterocycles. The fourth-order valence-electron chi connectivity index (χ4n) is 3.61. The third kappa shape index (κ3) is 9.07. The van der Waals surface area contributed by atoms with Gasteiger partial charge in [-0.3, -0.25) is 14.5 Å². The van der Waals surface area contributed by atoms with Crippen LogP contribution in [0.3, 0.4) is 0 Å². The lowest BCUT2D eigenvalue weighted by Crippen LogP contribution is -2.37. The molecule has 1 amide bonds. The van der Waals surface area contributed by atoms with Crippen molar-refractivity contribution < 1.29 is 19.4 Å². The van der Waals surface area contributed by atoms with Crippen LogP contribution in [0.25, 0.3) is 0 Å². The number of carbonyl (C=O) groups excluding carboxylic acids is 2. The molecule has 1 unspecified atom stereocenters. The predicted octanol–water partition coefficient (Wildman–Crippen LogP) is 2.39. The van der Waals surface area contributed by atoms with Gasteiger partial charge in [-0.25, -0.2) is 0 Å². The van der Waals surface area contributed by atoms with Gasteiger partial charge >= 0.3 is 0 Å². The van der Waals surface area contributed by atoms with Crippen molar-refractivity contribution in [2.75, 3.05) is 39.4 Å². The highest BCUT2D eigenvalue weighted by atomic mass is 16.5. The minimum atomic E-state index is -0.427. The van der Waals surface area contributed by atoms with E-state index in [9.17, 15) is 14.7 Å². The second-order valence-electron chi connectivity index (χ2n) is 7.67. The topological polar surface area (TPSA) is 78.9 Å². The number of morpholine rings is 1. The molecule has 6 heteroatoms. The molecule has 1 aliphatic carbocycles. The van der Waals surface area contributed by atoms with Crippen molar-refractivity contribution in [3.8, 4) is 0 Å². The van der Waals surface area contributed by atoms with Crippen molar-refractivity contribution in [1.82, 2.24) is 10.2 Å². The van der Waals surface area contributed by atoms with E-state index in [1.807, 2.05) is 19.1 Å². The molecule has 1 saturated heterocycles. The number of aliphatic hydroxyl groups is 1. The second kappa shape index (κ2) is 13.5. The Kier molecular flexibility index (Phi) is 10.9. The van der Waals surface area contributed by atoms with Crippen LogP contribution in [0.5, 0.6) is 0 Å². The molecule has 0 bridgehead atoms. The normalized spacial score (nSPS) is 22.6. The number of carbonyl (C=O) groups is 2. The number of hydrogen-bond donors (Lipinski definition) is 2. The van der Waals surface area contributed by atoms with E-state index in [-0.39, 0.29) is 17.6 Å². The molecule has 2 atom stereocenters. The number of ether oxygens (including phenoxy) is 1. The van der Waals surface area contributed by atoms with Crippen LogP contribution in [0.1, 0.15) is 45.4 Å². The third-order valence-corrected chi connectivity index (χ3v) is 5.36. The number of hydrogen-bond acceptors (Lipinski definition) is 5. The van der Waals surface area contributed by atoms with E-state index in [0.717, 1.165) is 57.7 Å². The molecule has 2 N–H and O–H groups in total. The van der Waals surface area contributed by atoms with Crippen molar-refractivity contribution in [2.24, 2.45) is 5.92 Å². The number of allylic oxidation sites excluding steroid dienone is 5. The van der Waals surface area contributed by atoms with E-state index in [1.165, 1.54) is 0 Å². The minimum absolute atomic E-state index is 0.0556. The summed E-state index contributed by atoms with van der Waals surface area (Å²) >= 11 is 0. The monoisotopic (exact) mass is 404 g/mol. The van der Waals surface area contributed by atoms with Gasteiger partial charge in [0, 0.05) is 44.1 Å². The fourth-order valence-corrected chi connectivity index (χ4v) is 3.61. The number of rotatable bonds is 12. The van der Waals surface area contributed by atoms with Gasteiger partial charge in [-0.1, -0.05) is 24.3 Å². The summed E-state index contributed by atoms with van der Waals surface area (Å²) in [7, 11) is 0. The van der Waals surface area contributed by atoms with Crippen LogP contribution in [0.15, 0.2) is 36.0 Å². The second-order valence-corrected chi connectivity index (χ2v) is 7.67. The molecule has 29 heavy (non-hydrogen) atoms. The van der Waals surface area contributed by atoms with Gasteiger partial charge in [-0.15, -0.1) is 0 Å². The first-order valence-corrected chi connectivity index (χ1v) is 10.9. The summed E-state index contributed by atoms with van der Waals surface area (Å²) in [6, 6.07) is 0. The summed E-state index contributed by atoms with van der Waals surface area (Å²) in [5, 5.41) is 13.1. The zero-order valence-corrected chi connectivity index (χ0v) is 17.6. The van der Waals surface area contributed by atoms with Crippen molar-refractivity contribution >= 4 is 11.7 Å². The minimum Gasteiger partial charge on any atom is -0.393 e. The van der Waals surface area contributed by atoms with Crippen LogP contribution >= 0.6 is 0 Å². The largest absolute Gasteiger partial charge is 0.393 e. The van der Waals surface area contributed by atoms with Crippen LogP contribution in [0, 0.1) is 5.92 Å². The average molecular weight is 405 g/mol. The van der Waals surface area contributed by atoms with Gasteiger partial charge in [-0.05, 0) is 45.1 Å². The Hall–Kier alpha value is -1.76. The Morgan fingerprint density at radius 2 is 2.17 bits per heavy atom. The van der Waals surface area contributed by atoms with Crippen molar-refractivity contribution in [3.05, 3.63) is 36.0 Å². The van der Waals surface area contributed by atoms with E-state index < -0.39 is 6.10 Å². The maximum absolute atomic E-state index is 12.1. The smallest absolute Gasteiger partial charge is 0.219 e. The molecular weight excluding hydrogens is 368 g/mol. The number of amides is 1.